The molecule has 210 valence electrons. The molecule has 0 bridgehead atoms. The molecular weight excluding hydrogens is 482 g/mol. The summed E-state index contributed by atoms with van der Waals surface area (Å²) in [6, 6.07) is -2.17. The maximum Gasteiger partial charge on any atom is 0.189 e. The van der Waals surface area contributed by atoms with Gasteiger partial charge in [0.25, 0.3) is 0 Å². The Labute approximate surface area is 209 Å². The van der Waals surface area contributed by atoms with Crippen LogP contribution in [-0.2, 0) is 23.7 Å². The van der Waals surface area contributed by atoms with Crippen LogP contribution in [0.3, 0.4) is 0 Å². The number of ether oxygens (including phenoxy) is 5. The molecule has 0 aromatic carbocycles. The summed E-state index contributed by atoms with van der Waals surface area (Å²) in [6.45, 7) is -0.416. The number of rotatable bonds is 7. The summed E-state index contributed by atoms with van der Waals surface area (Å²) < 4.78 is 29.5. The van der Waals surface area contributed by atoms with Gasteiger partial charge in [-0.1, -0.05) is 0 Å². The summed E-state index contributed by atoms with van der Waals surface area (Å²) >= 11 is 0. The maximum atomic E-state index is 11.1. The zero-order valence-electron chi connectivity index (χ0n) is 20.5. The molecule has 36 heavy (non-hydrogen) atoms. The average molecular weight is 524 g/mol. The first kappa shape index (κ1) is 28.4. The van der Waals surface area contributed by atoms with Crippen molar-refractivity contribution in [2.24, 2.45) is 5.73 Å². The molecule has 0 aromatic heterocycles. The largest absolute Gasteiger partial charge is 0.394 e. The Balaban J connectivity index is 1.42. The highest BCUT2D eigenvalue weighted by molar-refractivity contribution is 5.00. The van der Waals surface area contributed by atoms with Crippen LogP contribution in [0.1, 0.15) is 25.7 Å². The third-order valence-corrected chi connectivity index (χ3v) is 7.71. The zero-order chi connectivity index (χ0) is 26.1. The molecule has 3 saturated heterocycles. The van der Waals surface area contributed by atoms with Gasteiger partial charge in [0, 0.05) is 0 Å². The van der Waals surface area contributed by atoms with Gasteiger partial charge >= 0.3 is 0 Å². The van der Waals surface area contributed by atoms with Crippen molar-refractivity contribution in [1.82, 2.24) is 10.6 Å². The highest BCUT2D eigenvalue weighted by atomic mass is 16.8. The number of aliphatic hydroxyl groups excluding tert-OH is 6. The number of hydrogen-bond donors (Lipinski definition) is 9. The van der Waals surface area contributed by atoms with Crippen molar-refractivity contribution in [2.45, 2.75) is 118 Å². The van der Waals surface area contributed by atoms with Crippen LogP contribution in [0.15, 0.2) is 0 Å². The number of likely N-dealkylation sites (N-methyl/N-ethyl adjacent to an activating group) is 2. The molecule has 0 radical (unpaired) electrons. The van der Waals surface area contributed by atoms with E-state index in [0.717, 1.165) is 0 Å². The molecule has 3 aliphatic heterocycles. The fourth-order valence-electron chi connectivity index (χ4n) is 5.60. The van der Waals surface area contributed by atoms with Gasteiger partial charge in [0.1, 0.15) is 36.6 Å². The van der Waals surface area contributed by atoms with Gasteiger partial charge in [-0.05, 0) is 39.8 Å². The van der Waals surface area contributed by atoms with Crippen molar-refractivity contribution < 1.29 is 54.3 Å². The summed E-state index contributed by atoms with van der Waals surface area (Å²) in [5.74, 6) is 0. The quantitative estimate of drug-likeness (QED) is 0.154. The molecule has 3 heterocycles. The summed E-state index contributed by atoms with van der Waals surface area (Å²) in [4.78, 5) is 0. The fourth-order valence-corrected chi connectivity index (χ4v) is 5.60. The van der Waals surface area contributed by atoms with Gasteiger partial charge in [-0.25, -0.2) is 0 Å². The topological polar surface area (TPSA) is 218 Å². The molecule has 0 aromatic rings. The lowest BCUT2D eigenvalue weighted by Gasteiger charge is -2.51. The number of hydrogen-bond acceptors (Lipinski definition) is 14. The van der Waals surface area contributed by atoms with E-state index >= 15 is 0 Å². The predicted molar refractivity (Wildman–Crippen MR) is 121 cm³/mol. The van der Waals surface area contributed by atoms with E-state index in [2.05, 4.69) is 10.6 Å². The van der Waals surface area contributed by atoms with Crippen molar-refractivity contribution in [3.8, 4) is 0 Å². The summed E-state index contributed by atoms with van der Waals surface area (Å²) in [5.41, 5.74) is 6.29. The predicted octanol–water partition coefficient (Wildman–Crippen LogP) is -4.56. The molecule has 0 spiro atoms. The highest BCUT2D eigenvalue weighted by Gasteiger charge is 2.53. The second-order valence-corrected chi connectivity index (χ2v) is 10.0. The van der Waals surface area contributed by atoms with E-state index in [1.165, 1.54) is 0 Å². The van der Waals surface area contributed by atoms with Crippen LogP contribution in [0.2, 0.25) is 0 Å². The molecule has 1 aliphatic carbocycles. The Morgan fingerprint density at radius 2 is 1.53 bits per heavy atom. The minimum absolute atomic E-state index is 0.242. The zero-order valence-corrected chi connectivity index (χ0v) is 20.5. The van der Waals surface area contributed by atoms with Gasteiger partial charge in [-0.15, -0.1) is 0 Å². The van der Waals surface area contributed by atoms with Gasteiger partial charge in [-0.3, -0.25) is 0 Å². The second-order valence-electron chi connectivity index (χ2n) is 10.0. The lowest BCUT2D eigenvalue weighted by molar-refractivity contribution is -0.373. The summed E-state index contributed by atoms with van der Waals surface area (Å²) in [6.07, 6.45) is -10.2. The maximum absolute atomic E-state index is 11.1. The van der Waals surface area contributed by atoms with E-state index < -0.39 is 98.5 Å². The van der Waals surface area contributed by atoms with Crippen molar-refractivity contribution in [3.63, 3.8) is 0 Å². The number of aliphatic hydroxyl groups is 6. The molecule has 14 nitrogen and oxygen atoms in total. The van der Waals surface area contributed by atoms with Gasteiger partial charge in [0.2, 0.25) is 0 Å². The highest BCUT2D eigenvalue weighted by Crippen LogP contribution is 2.35. The molecule has 10 N–H and O–H groups in total. The second kappa shape index (κ2) is 12.1. The molecule has 4 aliphatic rings. The normalized spacial score (nSPS) is 52.1. The van der Waals surface area contributed by atoms with E-state index in [0.29, 0.717) is 19.3 Å². The summed E-state index contributed by atoms with van der Waals surface area (Å²) in [5, 5.41) is 67.8. The third kappa shape index (κ3) is 5.58. The Kier molecular flexibility index (Phi) is 9.55. The van der Waals surface area contributed by atoms with Crippen LogP contribution in [0.25, 0.3) is 0 Å². The SMILES string of the molecule is CNC1C(O[C@H]2OC(CO)[C@@H](NC)C(O)C2O)O[C@H]2C[C@H](N)[C@@H](O[C@@H]3CCC[C@@H](O)C3O)OC2C1O. The monoisotopic (exact) mass is 523 g/mol. The van der Waals surface area contributed by atoms with E-state index in [4.69, 9.17) is 29.4 Å². The molecule has 4 fully saturated rings. The van der Waals surface area contributed by atoms with Crippen molar-refractivity contribution in [2.75, 3.05) is 20.7 Å². The van der Waals surface area contributed by atoms with Crippen LogP contribution < -0.4 is 16.4 Å². The van der Waals surface area contributed by atoms with Crippen LogP contribution in [-0.4, -0.2) is 143 Å². The molecule has 4 rings (SSSR count). The molecular formula is C22H41N3O11. The van der Waals surface area contributed by atoms with E-state index in [1.54, 1.807) is 14.1 Å². The minimum atomic E-state index is -1.44. The summed E-state index contributed by atoms with van der Waals surface area (Å²) in [7, 11) is 3.17. The molecule has 15 atom stereocenters. The molecule has 1 saturated carbocycles. The standard InChI is InChI=1S/C22H41N3O11/c1-24-13-12(7-26)34-22(18(31)16(13)29)36-21-14(25-2)17(30)19-11(33-21)6-8(23)20(35-19)32-10-5-3-4-9(27)15(10)28/h8-22,24-31H,3-7,23H2,1-2H3/t8-,9+,10+,11-,12?,13+,14?,15?,16?,17?,18?,19?,20-,21?,22+/m0/s1. The van der Waals surface area contributed by atoms with Crippen molar-refractivity contribution in [1.29, 1.82) is 0 Å². The van der Waals surface area contributed by atoms with Crippen molar-refractivity contribution >= 4 is 0 Å². The molecule has 8 unspecified atom stereocenters. The Morgan fingerprint density at radius 3 is 2.19 bits per heavy atom. The van der Waals surface area contributed by atoms with Crippen LogP contribution in [0.4, 0.5) is 0 Å². The lowest BCUT2D eigenvalue weighted by Crippen LogP contribution is -2.69. The lowest BCUT2D eigenvalue weighted by atomic mass is 9.89. The van der Waals surface area contributed by atoms with E-state index in [-0.39, 0.29) is 6.42 Å². The smallest absolute Gasteiger partial charge is 0.189 e. The van der Waals surface area contributed by atoms with Crippen molar-refractivity contribution in [3.05, 3.63) is 0 Å². The first-order valence-electron chi connectivity index (χ1n) is 12.6. The Morgan fingerprint density at radius 1 is 0.806 bits per heavy atom. The number of nitrogens with one attached hydrogen (secondary N) is 2. The van der Waals surface area contributed by atoms with Gasteiger partial charge < -0.3 is 70.7 Å². The number of nitrogens with two attached hydrogens (primary N) is 1. The minimum Gasteiger partial charge on any atom is -0.394 e. The fraction of sp³-hybridized carbons (Fsp3) is 1.00. The number of fused-ring (bicyclic) bond motifs is 1. The van der Waals surface area contributed by atoms with Crippen LogP contribution in [0.5, 0.6) is 0 Å². The third-order valence-electron chi connectivity index (χ3n) is 7.71. The molecule has 14 heteroatoms. The average Bonchev–Trinajstić information content (AvgIpc) is 2.85. The van der Waals surface area contributed by atoms with Crippen LogP contribution in [0, 0.1) is 0 Å². The van der Waals surface area contributed by atoms with Gasteiger partial charge in [0.15, 0.2) is 18.9 Å². The Bertz CT molecular complexity index is 706. The van der Waals surface area contributed by atoms with E-state index in [9.17, 15) is 30.6 Å². The van der Waals surface area contributed by atoms with Crippen LogP contribution >= 0.6 is 0 Å². The van der Waals surface area contributed by atoms with Gasteiger partial charge in [-0.2, -0.15) is 0 Å². The van der Waals surface area contributed by atoms with E-state index in [1.807, 2.05) is 0 Å². The first-order valence-corrected chi connectivity index (χ1v) is 12.6. The first-order chi connectivity index (χ1) is 17.2. The molecule has 0 amide bonds. The Hall–Kier alpha value is -0.560. The van der Waals surface area contributed by atoms with Gasteiger partial charge in [0.05, 0.1) is 43.0 Å².